The van der Waals surface area contributed by atoms with Crippen molar-refractivity contribution in [2.24, 2.45) is 0 Å². The number of aliphatic hydroxyl groups is 1. The van der Waals surface area contributed by atoms with Crippen molar-refractivity contribution < 1.29 is 9.84 Å². The van der Waals surface area contributed by atoms with E-state index < -0.39 is 0 Å². The van der Waals surface area contributed by atoms with Crippen LogP contribution in [0.3, 0.4) is 0 Å². The summed E-state index contributed by atoms with van der Waals surface area (Å²) in [6.07, 6.45) is 5.54. The Morgan fingerprint density at radius 2 is 2.54 bits per heavy atom. The summed E-state index contributed by atoms with van der Waals surface area (Å²) >= 11 is 0. The van der Waals surface area contributed by atoms with Gasteiger partial charge in [0.05, 0.1) is 6.61 Å². The van der Waals surface area contributed by atoms with Crippen LogP contribution in [0.2, 0.25) is 0 Å². The van der Waals surface area contributed by atoms with E-state index in [-0.39, 0.29) is 12.8 Å². The van der Waals surface area contributed by atoms with Crippen LogP contribution in [0.1, 0.15) is 19.3 Å². The molecule has 74 valence electrons. The molecule has 0 aromatic rings. The van der Waals surface area contributed by atoms with Crippen LogP contribution in [0.4, 0.5) is 0 Å². The third-order valence-electron chi connectivity index (χ3n) is 2.51. The monoisotopic (exact) mass is 184 g/mol. The zero-order chi connectivity index (χ0) is 9.10. The topological polar surface area (TPSA) is 44.7 Å². The highest BCUT2D eigenvalue weighted by molar-refractivity contribution is 5.08. The lowest BCUT2D eigenvalue weighted by atomic mass is 10.2. The molecule has 2 rings (SSSR count). The van der Waals surface area contributed by atoms with Gasteiger partial charge in [0.15, 0.2) is 0 Å². The highest BCUT2D eigenvalue weighted by atomic mass is 16.5. The average Bonchev–Trinajstić information content (AvgIpc) is 2.67. The summed E-state index contributed by atoms with van der Waals surface area (Å²) < 4.78 is 5.60. The first-order valence-electron chi connectivity index (χ1n) is 4.83. The predicted octanol–water partition coefficient (Wildman–Crippen LogP) is 0.209. The lowest BCUT2D eigenvalue weighted by Crippen LogP contribution is -2.43. The molecular formula is C9H16N2O2. The summed E-state index contributed by atoms with van der Waals surface area (Å²) in [4.78, 5) is 0. The van der Waals surface area contributed by atoms with Crippen molar-refractivity contribution in [3.8, 4) is 0 Å². The smallest absolute Gasteiger partial charge is 0.127 e. The molecule has 2 aliphatic rings. The van der Waals surface area contributed by atoms with Crippen molar-refractivity contribution in [1.29, 1.82) is 0 Å². The minimum atomic E-state index is 0.135. The Morgan fingerprint density at radius 3 is 3.15 bits per heavy atom. The molecule has 1 atom stereocenters. The van der Waals surface area contributed by atoms with Gasteiger partial charge in [0, 0.05) is 19.4 Å². The zero-order valence-electron chi connectivity index (χ0n) is 7.70. The molecule has 0 amide bonds. The molecule has 0 aliphatic carbocycles. The fourth-order valence-electron chi connectivity index (χ4n) is 1.73. The van der Waals surface area contributed by atoms with Crippen LogP contribution in [0, 0.1) is 0 Å². The molecule has 4 heteroatoms. The fraction of sp³-hybridized carbons (Fsp3) is 0.778. The summed E-state index contributed by atoms with van der Waals surface area (Å²) in [5.41, 5.74) is 4.14. The number of aliphatic hydroxyl groups excluding tert-OH is 1. The standard InChI is InChI=1S/C9H16N2O2/c12-7-8-5-10-11(6-8)9-3-1-2-4-13-9/h5,9-10,12H,1-4,6-7H2. The minimum absolute atomic E-state index is 0.135. The summed E-state index contributed by atoms with van der Waals surface area (Å²) in [5, 5.41) is 11.0. The molecular weight excluding hydrogens is 168 g/mol. The molecule has 0 radical (unpaired) electrons. The van der Waals surface area contributed by atoms with Gasteiger partial charge in [0.2, 0.25) is 0 Å². The highest BCUT2D eigenvalue weighted by Gasteiger charge is 2.24. The Balaban J connectivity index is 1.83. The van der Waals surface area contributed by atoms with Crippen molar-refractivity contribution in [1.82, 2.24) is 10.4 Å². The second-order valence-corrected chi connectivity index (χ2v) is 3.54. The van der Waals surface area contributed by atoms with Gasteiger partial charge in [0.1, 0.15) is 6.23 Å². The van der Waals surface area contributed by atoms with Crippen LogP contribution in [0.15, 0.2) is 11.8 Å². The van der Waals surface area contributed by atoms with Crippen LogP contribution in [-0.2, 0) is 4.74 Å². The normalized spacial score (nSPS) is 29.9. The SMILES string of the molecule is OCC1=CNN(C2CCCCO2)C1. The second-order valence-electron chi connectivity index (χ2n) is 3.54. The highest BCUT2D eigenvalue weighted by Crippen LogP contribution is 2.18. The van der Waals surface area contributed by atoms with E-state index in [1.807, 2.05) is 11.2 Å². The molecule has 0 saturated carbocycles. The molecule has 1 fully saturated rings. The van der Waals surface area contributed by atoms with Gasteiger partial charge in [-0.2, -0.15) is 5.01 Å². The molecule has 13 heavy (non-hydrogen) atoms. The van der Waals surface area contributed by atoms with Gasteiger partial charge >= 0.3 is 0 Å². The first-order valence-corrected chi connectivity index (χ1v) is 4.83. The third-order valence-corrected chi connectivity index (χ3v) is 2.51. The van der Waals surface area contributed by atoms with Gasteiger partial charge in [0.25, 0.3) is 0 Å². The van der Waals surface area contributed by atoms with E-state index in [2.05, 4.69) is 5.43 Å². The van der Waals surface area contributed by atoms with Crippen LogP contribution < -0.4 is 5.43 Å². The number of rotatable bonds is 2. The van der Waals surface area contributed by atoms with Gasteiger partial charge in [-0.05, 0) is 24.8 Å². The molecule has 2 N–H and O–H groups in total. The first kappa shape index (κ1) is 8.99. The third kappa shape index (κ3) is 2.02. The van der Waals surface area contributed by atoms with Gasteiger partial charge in [-0.15, -0.1) is 0 Å². The molecule has 0 aromatic heterocycles. The predicted molar refractivity (Wildman–Crippen MR) is 48.6 cm³/mol. The number of ether oxygens (including phenoxy) is 1. The van der Waals surface area contributed by atoms with Gasteiger partial charge in [-0.25, -0.2) is 0 Å². The van der Waals surface area contributed by atoms with Crippen LogP contribution in [0.5, 0.6) is 0 Å². The second kappa shape index (κ2) is 4.09. The summed E-state index contributed by atoms with van der Waals surface area (Å²) in [5.74, 6) is 0. The molecule has 1 unspecified atom stereocenters. The van der Waals surface area contributed by atoms with Crippen molar-refractivity contribution in [3.05, 3.63) is 11.8 Å². The van der Waals surface area contributed by atoms with E-state index in [4.69, 9.17) is 9.84 Å². The maximum absolute atomic E-state index is 8.91. The van der Waals surface area contributed by atoms with Crippen molar-refractivity contribution in [3.63, 3.8) is 0 Å². The summed E-state index contributed by atoms with van der Waals surface area (Å²) in [7, 11) is 0. The van der Waals surface area contributed by atoms with E-state index in [1.165, 1.54) is 12.8 Å². The maximum atomic E-state index is 8.91. The Bertz CT molecular complexity index is 200. The van der Waals surface area contributed by atoms with E-state index >= 15 is 0 Å². The number of hydrogen-bond acceptors (Lipinski definition) is 4. The number of nitrogens with zero attached hydrogens (tertiary/aromatic N) is 1. The maximum Gasteiger partial charge on any atom is 0.127 e. The van der Waals surface area contributed by atoms with Crippen LogP contribution in [0.25, 0.3) is 0 Å². The minimum Gasteiger partial charge on any atom is -0.392 e. The van der Waals surface area contributed by atoms with Gasteiger partial charge in [-0.3, -0.25) is 0 Å². The fourth-order valence-corrected chi connectivity index (χ4v) is 1.73. The van der Waals surface area contributed by atoms with Gasteiger partial charge in [-0.1, -0.05) is 0 Å². The lowest BCUT2D eigenvalue weighted by molar-refractivity contribution is -0.0933. The van der Waals surface area contributed by atoms with Crippen molar-refractivity contribution in [2.45, 2.75) is 25.5 Å². The van der Waals surface area contributed by atoms with E-state index in [9.17, 15) is 0 Å². The molecule has 4 nitrogen and oxygen atoms in total. The van der Waals surface area contributed by atoms with Crippen molar-refractivity contribution >= 4 is 0 Å². The summed E-state index contributed by atoms with van der Waals surface area (Å²) in [6.45, 7) is 1.77. The average molecular weight is 184 g/mol. The Kier molecular flexibility index (Phi) is 2.83. The van der Waals surface area contributed by atoms with E-state index in [1.54, 1.807) is 0 Å². The van der Waals surface area contributed by atoms with Gasteiger partial charge < -0.3 is 15.3 Å². The number of hydrogen-bond donors (Lipinski definition) is 2. The zero-order valence-corrected chi connectivity index (χ0v) is 7.70. The van der Waals surface area contributed by atoms with Crippen LogP contribution >= 0.6 is 0 Å². The summed E-state index contributed by atoms with van der Waals surface area (Å²) in [6, 6.07) is 0. The van der Waals surface area contributed by atoms with E-state index in [0.717, 1.165) is 25.1 Å². The Morgan fingerprint density at radius 1 is 1.62 bits per heavy atom. The largest absolute Gasteiger partial charge is 0.392 e. The molecule has 2 heterocycles. The lowest BCUT2D eigenvalue weighted by Gasteiger charge is -2.30. The molecule has 0 bridgehead atoms. The Labute approximate surface area is 78.1 Å². The quantitative estimate of drug-likeness (QED) is 0.644. The first-order chi connectivity index (χ1) is 6.40. The molecule has 2 aliphatic heterocycles. The molecule has 0 aromatic carbocycles. The van der Waals surface area contributed by atoms with Crippen LogP contribution in [-0.4, -0.2) is 36.1 Å². The number of nitrogens with one attached hydrogen (secondary N) is 1. The van der Waals surface area contributed by atoms with Crippen molar-refractivity contribution in [2.75, 3.05) is 19.8 Å². The van der Waals surface area contributed by atoms with E-state index in [0.29, 0.717) is 0 Å². The molecule has 1 saturated heterocycles. The number of hydrazine groups is 1. The Hall–Kier alpha value is -0.580. The molecule has 0 spiro atoms.